The van der Waals surface area contributed by atoms with Crippen molar-refractivity contribution in [1.82, 2.24) is 24.8 Å². The molecule has 0 unspecified atom stereocenters. The molecule has 7 heteroatoms. The van der Waals surface area contributed by atoms with Gasteiger partial charge in [-0.05, 0) is 30.2 Å². The lowest BCUT2D eigenvalue weighted by atomic mass is 10.1. The quantitative estimate of drug-likeness (QED) is 0.297. The van der Waals surface area contributed by atoms with Crippen molar-refractivity contribution in [3.8, 4) is 0 Å². The zero-order valence-electron chi connectivity index (χ0n) is 15.6. The van der Waals surface area contributed by atoms with Crippen molar-refractivity contribution in [3.05, 3.63) is 78.6 Å². The Morgan fingerprint density at radius 1 is 1.04 bits per heavy atom. The van der Waals surface area contributed by atoms with Crippen LogP contribution in [0.15, 0.2) is 72.5 Å². The van der Waals surface area contributed by atoms with Crippen LogP contribution in [-0.2, 0) is 19.6 Å². The number of aliphatic imine (C=N–C) groups is 1. The Hall–Kier alpha value is -2.29. The molecule has 0 aliphatic carbocycles. The molecule has 1 aromatic carbocycles. The number of rotatable bonds is 8. The number of hydrogen-bond donors (Lipinski definition) is 2. The van der Waals surface area contributed by atoms with E-state index in [0.29, 0.717) is 6.54 Å². The molecule has 0 radical (unpaired) electrons. The normalized spacial score (nSPS) is 11.1. The molecule has 3 aromatic rings. The highest BCUT2D eigenvalue weighted by Crippen LogP contribution is 2.08. The van der Waals surface area contributed by atoms with Crippen LogP contribution in [0.4, 0.5) is 0 Å². The van der Waals surface area contributed by atoms with Crippen molar-refractivity contribution in [2.24, 2.45) is 4.99 Å². The number of nitrogens with zero attached hydrogens (tertiary/aromatic N) is 4. The van der Waals surface area contributed by atoms with Gasteiger partial charge in [-0.1, -0.05) is 24.3 Å². The van der Waals surface area contributed by atoms with E-state index < -0.39 is 0 Å². The minimum Gasteiger partial charge on any atom is -0.357 e. The van der Waals surface area contributed by atoms with Crippen LogP contribution in [0.1, 0.15) is 18.1 Å². The van der Waals surface area contributed by atoms with E-state index in [9.17, 15) is 0 Å². The lowest BCUT2D eigenvalue weighted by molar-refractivity contribution is 0.665. The first kappa shape index (κ1) is 21.0. The molecule has 6 nitrogen and oxygen atoms in total. The first-order chi connectivity index (χ1) is 12.8. The molecule has 2 aromatic heterocycles. The molecule has 2 N–H and O–H groups in total. The highest BCUT2D eigenvalue weighted by molar-refractivity contribution is 14.0. The molecule has 0 atom stereocenters. The predicted molar refractivity (Wildman–Crippen MR) is 120 cm³/mol. The maximum absolute atomic E-state index is 4.71. The Balaban J connectivity index is 0.00000261. The summed E-state index contributed by atoms with van der Waals surface area (Å²) < 4.78 is 4.21. The monoisotopic (exact) mass is 478 g/mol. The van der Waals surface area contributed by atoms with Gasteiger partial charge in [-0.2, -0.15) is 0 Å². The van der Waals surface area contributed by atoms with Gasteiger partial charge in [0.2, 0.25) is 0 Å². The number of halogens is 1. The summed E-state index contributed by atoms with van der Waals surface area (Å²) in [5.74, 6) is 0.847. The Morgan fingerprint density at radius 3 is 2.59 bits per heavy atom. The number of aromatic nitrogens is 3. The van der Waals surface area contributed by atoms with E-state index in [1.807, 2.05) is 24.7 Å². The fourth-order valence-electron chi connectivity index (χ4n) is 2.75. The summed E-state index contributed by atoms with van der Waals surface area (Å²) in [5, 5.41) is 6.69. The maximum atomic E-state index is 4.71. The van der Waals surface area contributed by atoms with Crippen LogP contribution >= 0.6 is 24.0 Å². The third-order valence-electron chi connectivity index (χ3n) is 4.01. The van der Waals surface area contributed by atoms with Gasteiger partial charge in [0.1, 0.15) is 0 Å². The van der Waals surface area contributed by atoms with Crippen molar-refractivity contribution >= 4 is 29.9 Å². The van der Waals surface area contributed by atoms with E-state index in [2.05, 4.69) is 68.3 Å². The SMILES string of the molecule is CCNC(=NCc1cccc(Cn2ccnc2)c1)NCCn1cccc1.I. The van der Waals surface area contributed by atoms with Crippen molar-refractivity contribution in [2.45, 2.75) is 26.6 Å². The maximum Gasteiger partial charge on any atom is 0.191 e. The number of nitrogens with one attached hydrogen (secondary N) is 2. The molecule has 0 aliphatic rings. The Kier molecular flexibility index (Phi) is 8.90. The second kappa shape index (κ2) is 11.4. The summed E-state index contributed by atoms with van der Waals surface area (Å²) in [4.78, 5) is 8.80. The Morgan fingerprint density at radius 2 is 1.85 bits per heavy atom. The Labute approximate surface area is 177 Å². The fraction of sp³-hybridized carbons (Fsp3) is 0.300. The minimum absolute atomic E-state index is 0. The van der Waals surface area contributed by atoms with Crippen LogP contribution in [-0.4, -0.2) is 33.2 Å². The first-order valence-electron chi connectivity index (χ1n) is 9.00. The van der Waals surface area contributed by atoms with Gasteiger partial charge < -0.3 is 19.8 Å². The molecule has 0 aliphatic heterocycles. The zero-order chi connectivity index (χ0) is 18.0. The van der Waals surface area contributed by atoms with Crippen molar-refractivity contribution in [1.29, 1.82) is 0 Å². The van der Waals surface area contributed by atoms with E-state index in [1.165, 1.54) is 11.1 Å². The minimum atomic E-state index is 0. The molecule has 0 fully saturated rings. The Bertz CT molecular complexity index is 796. The van der Waals surface area contributed by atoms with Crippen LogP contribution in [0.2, 0.25) is 0 Å². The second-order valence-electron chi connectivity index (χ2n) is 6.10. The predicted octanol–water partition coefficient (Wildman–Crippen LogP) is 3.11. The standard InChI is InChI=1S/C20H26N6.HI/c1-2-22-20(23-9-13-25-10-3-4-11-25)24-15-18-6-5-7-19(14-18)16-26-12-8-21-17-26;/h3-8,10-12,14,17H,2,9,13,15-16H2,1H3,(H2,22,23,24);1H. The summed E-state index contributed by atoms with van der Waals surface area (Å²) in [7, 11) is 0. The fourth-order valence-corrected chi connectivity index (χ4v) is 2.75. The van der Waals surface area contributed by atoms with E-state index >= 15 is 0 Å². The van der Waals surface area contributed by atoms with Crippen molar-refractivity contribution in [3.63, 3.8) is 0 Å². The molecule has 2 heterocycles. The summed E-state index contributed by atoms with van der Waals surface area (Å²) in [5.41, 5.74) is 2.45. The average molecular weight is 478 g/mol. The largest absolute Gasteiger partial charge is 0.357 e. The van der Waals surface area contributed by atoms with Gasteiger partial charge in [0.05, 0.1) is 12.9 Å². The summed E-state index contributed by atoms with van der Waals surface area (Å²) in [6.45, 7) is 6.15. The van der Waals surface area contributed by atoms with Gasteiger partial charge in [0, 0.05) is 51.0 Å². The van der Waals surface area contributed by atoms with Gasteiger partial charge >= 0.3 is 0 Å². The number of hydrogen-bond acceptors (Lipinski definition) is 2. The highest BCUT2D eigenvalue weighted by Gasteiger charge is 2.00. The summed E-state index contributed by atoms with van der Waals surface area (Å²) >= 11 is 0. The molecule has 27 heavy (non-hydrogen) atoms. The van der Waals surface area contributed by atoms with Gasteiger partial charge in [0.15, 0.2) is 5.96 Å². The lowest BCUT2D eigenvalue weighted by Gasteiger charge is -2.12. The highest BCUT2D eigenvalue weighted by atomic mass is 127. The zero-order valence-corrected chi connectivity index (χ0v) is 17.9. The number of guanidine groups is 1. The van der Waals surface area contributed by atoms with Crippen LogP contribution in [0.25, 0.3) is 0 Å². The van der Waals surface area contributed by atoms with E-state index in [-0.39, 0.29) is 24.0 Å². The molecule has 0 amide bonds. The molecule has 0 spiro atoms. The van der Waals surface area contributed by atoms with E-state index in [1.54, 1.807) is 6.20 Å². The lowest BCUT2D eigenvalue weighted by Crippen LogP contribution is -2.38. The average Bonchev–Trinajstić information content (AvgIpc) is 3.34. The third-order valence-corrected chi connectivity index (χ3v) is 4.01. The van der Waals surface area contributed by atoms with Gasteiger partial charge in [-0.25, -0.2) is 9.98 Å². The smallest absolute Gasteiger partial charge is 0.191 e. The van der Waals surface area contributed by atoms with E-state index in [0.717, 1.165) is 32.1 Å². The van der Waals surface area contributed by atoms with Crippen molar-refractivity contribution in [2.75, 3.05) is 13.1 Å². The molecule has 144 valence electrons. The molecule has 3 rings (SSSR count). The molecule has 0 bridgehead atoms. The van der Waals surface area contributed by atoms with Gasteiger partial charge in [-0.15, -0.1) is 24.0 Å². The molecule has 0 saturated heterocycles. The molecular weight excluding hydrogens is 451 g/mol. The summed E-state index contributed by atoms with van der Waals surface area (Å²) in [6.07, 6.45) is 9.75. The van der Waals surface area contributed by atoms with Gasteiger partial charge in [0.25, 0.3) is 0 Å². The van der Waals surface area contributed by atoms with Crippen LogP contribution in [0.3, 0.4) is 0 Å². The number of benzene rings is 1. The number of imidazole rings is 1. The first-order valence-corrected chi connectivity index (χ1v) is 9.00. The molecule has 0 saturated carbocycles. The van der Waals surface area contributed by atoms with Crippen molar-refractivity contribution < 1.29 is 0 Å². The van der Waals surface area contributed by atoms with Crippen LogP contribution in [0.5, 0.6) is 0 Å². The van der Waals surface area contributed by atoms with Crippen LogP contribution in [0, 0.1) is 0 Å². The second-order valence-corrected chi connectivity index (χ2v) is 6.10. The summed E-state index contributed by atoms with van der Waals surface area (Å²) in [6, 6.07) is 12.6. The molecular formula is C20H27IN6. The van der Waals surface area contributed by atoms with Gasteiger partial charge in [-0.3, -0.25) is 0 Å². The van der Waals surface area contributed by atoms with E-state index in [4.69, 9.17) is 4.99 Å². The topological polar surface area (TPSA) is 59.2 Å². The van der Waals surface area contributed by atoms with Crippen LogP contribution < -0.4 is 10.6 Å². The third kappa shape index (κ3) is 7.09.